The number of nitrogens with one attached hydrogen (secondary N) is 1. The summed E-state index contributed by atoms with van der Waals surface area (Å²) in [6.07, 6.45) is 0. The van der Waals surface area contributed by atoms with E-state index in [1.807, 2.05) is 6.07 Å². The van der Waals surface area contributed by atoms with Crippen LogP contribution in [0.3, 0.4) is 0 Å². The second-order valence-corrected chi connectivity index (χ2v) is 4.78. The maximum absolute atomic E-state index is 11.5. The lowest BCUT2D eigenvalue weighted by molar-refractivity contribution is 0.591. The topological polar surface area (TPSA) is 73.2 Å². The van der Waals surface area contributed by atoms with Gasteiger partial charge in [-0.15, -0.1) is 0 Å². The molecule has 0 unspecified atom stereocenters. The summed E-state index contributed by atoms with van der Waals surface area (Å²) < 4.78 is 26.7. The molecule has 15 heavy (non-hydrogen) atoms. The molecular formula is C9H9N3O2S. The number of hydrogen-bond acceptors (Lipinski definition) is 3. The first-order valence-electron chi connectivity index (χ1n) is 4.41. The zero-order valence-corrected chi connectivity index (χ0v) is 8.66. The standard InChI is InChI=1S/C9H9N3O2S/c10-7-8-3-1-2-4-9(8)12-6-5-11-15(12,13)14/h1-4,11H,5-6H2. The molecule has 0 aliphatic carbocycles. The van der Waals surface area contributed by atoms with Gasteiger partial charge in [-0.05, 0) is 12.1 Å². The van der Waals surface area contributed by atoms with Crippen LogP contribution in [0.15, 0.2) is 24.3 Å². The molecule has 0 amide bonds. The van der Waals surface area contributed by atoms with Crippen molar-refractivity contribution in [2.45, 2.75) is 0 Å². The van der Waals surface area contributed by atoms with E-state index in [0.717, 1.165) is 0 Å². The number of anilines is 1. The summed E-state index contributed by atoms with van der Waals surface area (Å²) >= 11 is 0. The first-order chi connectivity index (χ1) is 7.15. The molecule has 0 bridgehead atoms. The van der Waals surface area contributed by atoms with E-state index in [4.69, 9.17) is 5.26 Å². The molecular weight excluding hydrogens is 214 g/mol. The van der Waals surface area contributed by atoms with Crippen molar-refractivity contribution in [3.63, 3.8) is 0 Å². The van der Waals surface area contributed by atoms with Gasteiger partial charge in [0.25, 0.3) is 0 Å². The zero-order chi connectivity index (χ0) is 10.9. The first-order valence-corrected chi connectivity index (χ1v) is 5.85. The molecule has 0 radical (unpaired) electrons. The third-order valence-corrected chi connectivity index (χ3v) is 3.71. The molecule has 2 rings (SSSR count). The minimum absolute atomic E-state index is 0.362. The third-order valence-electron chi connectivity index (χ3n) is 2.18. The average Bonchev–Trinajstić information content (AvgIpc) is 2.58. The lowest BCUT2D eigenvalue weighted by atomic mass is 10.2. The van der Waals surface area contributed by atoms with Crippen molar-refractivity contribution in [1.29, 1.82) is 5.26 Å². The predicted molar refractivity (Wildman–Crippen MR) is 55.4 cm³/mol. The summed E-state index contributed by atoms with van der Waals surface area (Å²) in [4.78, 5) is 0. The van der Waals surface area contributed by atoms with E-state index in [2.05, 4.69) is 4.72 Å². The molecule has 1 heterocycles. The summed E-state index contributed by atoms with van der Waals surface area (Å²) in [5, 5.41) is 8.86. The van der Waals surface area contributed by atoms with Crippen LogP contribution >= 0.6 is 0 Å². The van der Waals surface area contributed by atoms with Gasteiger partial charge in [0.2, 0.25) is 0 Å². The van der Waals surface area contributed by atoms with Gasteiger partial charge in [-0.3, -0.25) is 4.31 Å². The Kier molecular flexibility index (Phi) is 2.34. The quantitative estimate of drug-likeness (QED) is 0.739. The largest absolute Gasteiger partial charge is 0.301 e. The first kappa shape index (κ1) is 9.96. The predicted octanol–water partition coefficient (Wildman–Crippen LogP) is 0.213. The third kappa shape index (κ3) is 1.67. The molecule has 0 aromatic heterocycles. The minimum Gasteiger partial charge on any atom is -0.255 e. The van der Waals surface area contributed by atoms with Crippen LogP contribution in [-0.4, -0.2) is 21.5 Å². The van der Waals surface area contributed by atoms with E-state index in [0.29, 0.717) is 24.3 Å². The molecule has 1 saturated heterocycles. The molecule has 1 fully saturated rings. The number of benzene rings is 1. The van der Waals surface area contributed by atoms with Gasteiger partial charge < -0.3 is 0 Å². The van der Waals surface area contributed by atoms with E-state index in [9.17, 15) is 8.42 Å². The molecule has 0 atom stereocenters. The SMILES string of the molecule is N#Cc1ccccc1N1CCNS1(=O)=O. The molecule has 1 N–H and O–H groups in total. The fourth-order valence-electron chi connectivity index (χ4n) is 1.51. The van der Waals surface area contributed by atoms with Gasteiger partial charge in [0.15, 0.2) is 0 Å². The molecule has 6 heteroatoms. The van der Waals surface area contributed by atoms with Crippen molar-refractivity contribution >= 4 is 15.9 Å². The van der Waals surface area contributed by atoms with E-state index in [1.54, 1.807) is 24.3 Å². The number of hydrogen-bond donors (Lipinski definition) is 1. The van der Waals surface area contributed by atoms with Crippen LogP contribution < -0.4 is 9.03 Å². The monoisotopic (exact) mass is 223 g/mol. The highest BCUT2D eigenvalue weighted by Gasteiger charge is 2.29. The molecule has 78 valence electrons. The second-order valence-electron chi connectivity index (χ2n) is 3.10. The van der Waals surface area contributed by atoms with Crippen LogP contribution in [0.1, 0.15) is 5.56 Å². The normalized spacial score (nSPS) is 18.7. The number of rotatable bonds is 1. The van der Waals surface area contributed by atoms with Crippen LogP contribution in [0.4, 0.5) is 5.69 Å². The fraction of sp³-hybridized carbons (Fsp3) is 0.222. The zero-order valence-electron chi connectivity index (χ0n) is 7.84. The Hall–Kier alpha value is -1.58. The Morgan fingerprint density at radius 1 is 1.40 bits per heavy atom. The van der Waals surface area contributed by atoms with Gasteiger partial charge >= 0.3 is 10.2 Å². The Morgan fingerprint density at radius 2 is 2.13 bits per heavy atom. The summed E-state index contributed by atoms with van der Waals surface area (Å²) in [7, 11) is -3.44. The molecule has 5 nitrogen and oxygen atoms in total. The molecule has 0 saturated carbocycles. The van der Waals surface area contributed by atoms with Crippen molar-refractivity contribution in [2.75, 3.05) is 17.4 Å². The second kappa shape index (κ2) is 3.53. The van der Waals surface area contributed by atoms with Crippen LogP contribution in [0, 0.1) is 11.3 Å². The molecule has 1 aliphatic heterocycles. The van der Waals surface area contributed by atoms with Crippen molar-refractivity contribution in [1.82, 2.24) is 4.72 Å². The lowest BCUT2D eigenvalue weighted by Gasteiger charge is -2.16. The maximum atomic E-state index is 11.5. The van der Waals surface area contributed by atoms with E-state index < -0.39 is 10.2 Å². The summed E-state index contributed by atoms with van der Waals surface area (Å²) in [5.74, 6) is 0. The number of nitriles is 1. The Labute approximate surface area is 88.1 Å². The van der Waals surface area contributed by atoms with E-state index >= 15 is 0 Å². The summed E-state index contributed by atoms with van der Waals surface area (Å²) in [6, 6.07) is 8.62. The molecule has 0 spiro atoms. The average molecular weight is 223 g/mol. The van der Waals surface area contributed by atoms with Crippen LogP contribution in [-0.2, 0) is 10.2 Å². The highest BCUT2D eigenvalue weighted by Crippen LogP contribution is 2.23. The number of para-hydroxylation sites is 1. The smallest absolute Gasteiger partial charge is 0.255 e. The van der Waals surface area contributed by atoms with Gasteiger partial charge in [0.05, 0.1) is 11.3 Å². The summed E-state index contributed by atoms with van der Waals surface area (Å²) in [6.45, 7) is 0.739. The molecule has 1 aliphatic rings. The Morgan fingerprint density at radius 3 is 2.73 bits per heavy atom. The molecule has 1 aromatic rings. The van der Waals surface area contributed by atoms with E-state index in [-0.39, 0.29) is 0 Å². The highest BCUT2D eigenvalue weighted by molar-refractivity contribution is 7.91. The van der Waals surface area contributed by atoms with E-state index in [1.165, 1.54) is 4.31 Å². The van der Waals surface area contributed by atoms with Crippen LogP contribution in [0.2, 0.25) is 0 Å². The fourth-order valence-corrected chi connectivity index (χ4v) is 2.76. The Bertz CT molecular complexity index is 518. The van der Waals surface area contributed by atoms with Gasteiger partial charge in [0.1, 0.15) is 6.07 Å². The van der Waals surface area contributed by atoms with Crippen molar-refractivity contribution in [3.8, 4) is 6.07 Å². The van der Waals surface area contributed by atoms with Crippen LogP contribution in [0.25, 0.3) is 0 Å². The number of nitrogens with zero attached hydrogens (tertiary/aromatic N) is 2. The van der Waals surface area contributed by atoms with Gasteiger partial charge in [-0.25, -0.2) is 0 Å². The lowest BCUT2D eigenvalue weighted by Crippen LogP contribution is -2.29. The van der Waals surface area contributed by atoms with Gasteiger partial charge in [0, 0.05) is 13.1 Å². The maximum Gasteiger partial charge on any atom is 0.301 e. The van der Waals surface area contributed by atoms with Gasteiger partial charge in [-0.1, -0.05) is 12.1 Å². The highest BCUT2D eigenvalue weighted by atomic mass is 32.2. The van der Waals surface area contributed by atoms with Crippen molar-refractivity contribution in [2.24, 2.45) is 0 Å². The van der Waals surface area contributed by atoms with Crippen molar-refractivity contribution in [3.05, 3.63) is 29.8 Å². The van der Waals surface area contributed by atoms with Crippen molar-refractivity contribution < 1.29 is 8.42 Å². The van der Waals surface area contributed by atoms with Gasteiger partial charge in [-0.2, -0.15) is 18.4 Å². The van der Waals surface area contributed by atoms with Crippen LogP contribution in [0.5, 0.6) is 0 Å². The molecule has 1 aromatic carbocycles. The Balaban J connectivity index is 2.51. The minimum atomic E-state index is -3.44. The summed E-state index contributed by atoms with van der Waals surface area (Å²) in [5.41, 5.74) is 0.801.